The van der Waals surface area contributed by atoms with E-state index < -0.39 is 12.1 Å². The van der Waals surface area contributed by atoms with Gasteiger partial charge in [-0.3, -0.25) is 4.79 Å². The number of nitrogens with one attached hydrogen (secondary N) is 3. The Morgan fingerprint density at radius 2 is 2.17 bits per heavy atom. The van der Waals surface area contributed by atoms with Crippen LogP contribution in [-0.4, -0.2) is 41.5 Å². The molecule has 0 saturated heterocycles. The Morgan fingerprint density at radius 3 is 2.88 bits per heavy atom. The highest BCUT2D eigenvalue weighted by molar-refractivity contribution is 7.98. The van der Waals surface area contributed by atoms with Gasteiger partial charge in [-0.15, -0.1) is 0 Å². The van der Waals surface area contributed by atoms with Crippen molar-refractivity contribution in [2.24, 2.45) is 5.73 Å². The number of carbonyl (C=O) groups is 2. The average molecular weight is 348 g/mol. The van der Waals surface area contributed by atoms with Crippen LogP contribution < -0.4 is 16.4 Å². The number of primary amides is 1. The summed E-state index contributed by atoms with van der Waals surface area (Å²) >= 11 is 1.62. The van der Waals surface area contributed by atoms with Gasteiger partial charge in [0.25, 0.3) is 0 Å². The van der Waals surface area contributed by atoms with Gasteiger partial charge >= 0.3 is 6.03 Å². The largest absolute Gasteiger partial charge is 0.361 e. The molecule has 1 heterocycles. The summed E-state index contributed by atoms with van der Waals surface area (Å²) in [4.78, 5) is 26.5. The Kier molecular flexibility index (Phi) is 6.54. The summed E-state index contributed by atoms with van der Waals surface area (Å²) in [5, 5.41) is 6.55. The minimum absolute atomic E-state index is 0.196. The number of aryl methyl sites for hydroxylation is 1. The summed E-state index contributed by atoms with van der Waals surface area (Å²) in [5.74, 6) is 0.582. The predicted octanol–water partition coefficient (Wildman–Crippen LogP) is 1.93. The molecule has 0 bridgehead atoms. The van der Waals surface area contributed by atoms with E-state index in [-0.39, 0.29) is 5.91 Å². The quantitative estimate of drug-likeness (QED) is 0.586. The molecule has 2 rings (SSSR count). The lowest BCUT2D eigenvalue weighted by molar-refractivity contribution is -0.122. The topological polar surface area (TPSA) is 100 Å². The number of urea groups is 1. The Balaban J connectivity index is 1.91. The summed E-state index contributed by atoms with van der Waals surface area (Å²) in [6, 6.07) is 5.01. The highest BCUT2D eigenvalue weighted by Crippen LogP contribution is 2.19. The fourth-order valence-corrected chi connectivity index (χ4v) is 3.10. The number of nitrogens with two attached hydrogens (primary N) is 1. The normalized spacial score (nSPS) is 12.1. The van der Waals surface area contributed by atoms with Gasteiger partial charge in [0, 0.05) is 23.6 Å². The number of thioether (sulfide) groups is 1. The highest BCUT2D eigenvalue weighted by atomic mass is 32.2. The highest BCUT2D eigenvalue weighted by Gasteiger charge is 2.18. The lowest BCUT2D eigenvalue weighted by Crippen LogP contribution is -2.49. The first-order chi connectivity index (χ1) is 11.5. The summed E-state index contributed by atoms with van der Waals surface area (Å²) in [7, 11) is 0. The van der Waals surface area contributed by atoms with Crippen LogP contribution in [0.3, 0.4) is 0 Å². The molecule has 5 N–H and O–H groups in total. The Morgan fingerprint density at radius 1 is 1.38 bits per heavy atom. The van der Waals surface area contributed by atoms with Crippen LogP contribution in [0.2, 0.25) is 0 Å². The van der Waals surface area contributed by atoms with Gasteiger partial charge in [-0.1, -0.05) is 12.1 Å². The summed E-state index contributed by atoms with van der Waals surface area (Å²) < 4.78 is 0. The molecule has 3 amide bonds. The number of hydrogen-bond donors (Lipinski definition) is 4. The number of carbonyl (C=O) groups excluding carboxylic acids is 2. The standard InChI is InChI=1S/C17H24N4O2S/c1-11-3-4-13-12(10-20-15(13)9-11)5-7-19-16(22)14(6-8-24-2)21-17(18)23/h3-4,9-10,14,20H,5-8H2,1-2H3,(H,19,22)(H3,18,21,23)/t14-/m1/s1. The lowest BCUT2D eigenvalue weighted by Gasteiger charge is -2.16. The van der Waals surface area contributed by atoms with E-state index in [1.165, 1.54) is 10.9 Å². The summed E-state index contributed by atoms with van der Waals surface area (Å²) in [5.41, 5.74) is 8.61. The van der Waals surface area contributed by atoms with E-state index in [1.54, 1.807) is 11.8 Å². The van der Waals surface area contributed by atoms with Crippen LogP contribution in [0.5, 0.6) is 0 Å². The van der Waals surface area contributed by atoms with Crippen molar-refractivity contribution in [1.82, 2.24) is 15.6 Å². The second kappa shape index (κ2) is 8.63. The van der Waals surface area contributed by atoms with Gasteiger partial charge in [-0.25, -0.2) is 4.79 Å². The maximum atomic E-state index is 12.2. The molecule has 2 aromatic rings. The zero-order valence-electron chi connectivity index (χ0n) is 14.0. The molecule has 130 valence electrons. The van der Waals surface area contributed by atoms with Gasteiger partial charge in [0.2, 0.25) is 5.91 Å². The minimum Gasteiger partial charge on any atom is -0.361 e. The first kappa shape index (κ1) is 18.2. The van der Waals surface area contributed by atoms with E-state index >= 15 is 0 Å². The molecule has 1 atom stereocenters. The van der Waals surface area contributed by atoms with Gasteiger partial charge < -0.3 is 21.4 Å². The second-order valence-electron chi connectivity index (χ2n) is 5.75. The van der Waals surface area contributed by atoms with Crippen molar-refractivity contribution in [2.45, 2.75) is 25.8 Å². The molecule has 7 heteroatoms. The molecule has 1 aromatic carbocycles. The molecular formula is C17H24N4O2S. The first-order valence-corrected chi connectivity index (χ1v) is 9.30. The number of fused-ring (bicyclic) bond motifs is 1. The molecule has 0 saturated carbocycles. The number of H-pyrrole nitrogens is 1. The maximum absolute atomic E-state index is 12.2. The molecule has 24 heavy (non-hydrogen) atoms. The zero-order chi connectivity index (χ0) is 17.5. The van der Waals surface area contributed by atoms with Gasteiger partial charge in [0.15, 0.2) is 0 Å². The number of aromatic nitrogens is 1. The van der Waals surface area contributed by atoms with Crippen LogP contribution in [0.1, 0.15) is 17.5 Å². The first-order valence-electron chi connectivity index (χ1n) is 7.90. The predicted molar refractivity (Wildman–Crippen MR) is 99.3 cm³/mol. The van der Waals surface area contributed by atoms with Crippen molar-refractivity contribution in [3.05, 3.63) is 35.5 Å². The van der Waals surface area contributed by atoms with Gasteiger partial charge in [-0.2, -0.15) is 11.8 Å². The molecule has 1 aromatic heterocycles. The number of amides is 3. The van der Waals surface area contributed by atoms with Crippen LogP contribution in [0.4, 0.5) is 4.79 Å². The molecule has 0 radical (unpaired) electrons. The van der Waals surface area contributed by atoms with Crippen LogP contribution in [0, 0.1) is 6.92 Å². The minimum atomic E-state index is -0.678. The molecule has 0 aliphatic rings. The third kappa shape index (κ3) is 4.92. The number of rotatable bonds is 8. The average Bonchev–Trinajstić information content (AvgIpc) is 2.93. The zero-order valence-corrected chi connectivity index (χ0v) is 14.8. The smallest absolute Gasteiger partial charge is 0.312 e. The van der Waals surface area contributed by atoms with Crippen LogP contribution in [-0.2, 0) is 11.2 Å². The van der Waals surface area contributed by atoms with E-state index in [4.69, 9.17) is 5.73 Å². The maximum Gasteiger partial charge on any atom is 0.312 e. The summed E-state index contributed by atoms with van der Waals surface area (Å²) in [6.07, 6.45) is 5.21. The van der Waals surface area contributed by atoms with Crippen molar-refractivity contribution in [2.75, 3.05) is 18.6 Å². The van der Waals surface area contributed by atoms with Crippen molar-refractivity contribution >= 4 is 34.6 Å². The third-order valence-corrected chi connectivity index (χ3v) is 4.50. The fraction of sp³-hybridized carbons (Fsp3) is 0.412. The monoisotopic (exact) mass is 348 g/mol. The molecule has 0 unspecified atom stereocenters. The molecule has 0 fully saturated rings. The van der Waals surface area contributed by atoms with E-state index in [2.05, 4.69) is 40.7 Å². The fourth-order valence-electron chi connectivity index (χ4n) is 2.63. The second-order valence-corrected chi connectivity index (χ2v) is 6.73. The Hall–Kier alpha value is -2.15. The van der Waals surface area contributed by atoms with Crippen LogP contribution in [0.25, 0.3) is 10.9 Å². The number of hydrogen-bond acceptors (Lipinski definition) is 3. The van der Waals surface area contributed by atoms with Crippen molar-refractivity contribution < 1.29 is 9.59 Å². The van der Waals surface area contributed by atoms with Gasteiger partial charge in [0.05, 0.1) is 0 Å². The number of aromatic amines is 1. The Bertz CT molecular complexity index is 714. The van der Waals surface area contributed by atoms with E-state index in [9.17, 15) is 9.59 Å². The lowest BCUT2D eigenvalue weighted by atomic mass is 10.1. The molecule has 0 aliphatic heterocycles. The van der Waals surface area contributed by atoms with Crippen LogP contribution >= 0.6 is 11.8 Å². The van der Waals surface area contributed by atoms with Crippen molar-refractivity contribution in [3.63, 3.8) is 0 Å². The Labute approximate surface area is 145 Å². The van der Waals surface area contributed by atoms with E-state index in [0.29, 0.717) is 13.0 Å². The molecule has 0 spiro atoms. The van der Waals surface area contributed by atoms with E-state index in [1.807, 2.05) is 12.5 Å². The van der Waals surface area contributed by atoms with Crippen molar-refractivity contribution in [3.8, 4) is 0 Å². The summed E-state index contributed by atoms with van der Waals surface area (Å²) in [6.45, 7) is 2.57. The van der Waals surface area contributed by atoms with Gasteiger partial charge in [0.1, 0.15) is 6.04 Å². The van der Waals surface area contributed by atoms with E-state index in [0.717, 1.165) is 23.3 Å². The van der Waals surface area contributed by atoms with Crippen LogP contribution in [0.15, 0.2) is 24.4 Å². The molecule has 0 aliphatic carbocycles. The number of benzene rings is 1. The molecular weight excluding hydrogens is 324 g/mol. The SMILES string of the molecule is CSCC[C@@H](NC(N)=O)C(=O)NCCc1c[nH]c2cc(C)ccc12. The molecule has 6 nitrogen and oxygen atoms in total. The van der Waals surface area contributed by atoms with Crippen molar-refractivity contribution in [1.29, 1.82) is 0 Å². The third-order valence-electron chi connectivity index (χ3n) is 3.86. The van der Waals surface area contributed by atoms with Gasteiger partial charge in [-0.05, 0) is 49.0 Å².